The lowest BCUT2D eigenvalue weighted by atomic mass is 9.69. The van der Waals surface area contributed by atoms with Crippen LogP contribution in [0.25, 0.3) is 0 Å². The van der Waals surface area contributed by atoms with Crippen LogP contribution in [-0.4, -0.2) is 12.3 Å². The molecule has 0 saturated heterocycles. The van der Waals surface area contributed by atoms with Crippen molar-refractivity contribution in [1.82, 2.24) is 5.32 Å². The molecule has 3 unspecified atom stereocenters. The van der Waals surface area contributed by atoms with Crippen molar-refractivity contribution in [2.24, 2.45) is 11.3 Å². The van der Waals surface area contributed by atoms with Crippen molar-refractivity contribution in [3.63, 3.8) is 0 Å². The minimum absolute atomic E-state index is 0.403. The van der Waals surface area contributed by atoms with E-state index in [2.05, 4.69) is 63.5 Å². The van der Waals surface area contributed by atoms with Crippen LogP contribution in [-0.2, 0) is 0 Å². The van der Waals surface area contributed by atoms with Gasteiger partial charge in [-0.15, -0.1) is 11.8 Å². The van der Waals surface area contributed by atoms with Crippen LogP contribution in [0.4, 0.5) is 0 Å². The Morgan fingerprint density at radius 2 is 1.71 bits per heavy atom. The Hall–Kier alpha value is -0.470. The molecule has 1 aromatic carbocycles. The SMILES string of the molecule is CSc1ccc(C(C)NC2CCCCC2C(C)(C)C)cc1. The summed E-state index contributed by atoms with van der Waals surface area (Å²) in [6, 6.07) is 10.1. The van der Waals surface area contributed by atoms with E-state index in [0.29, 0.717) is 17.5 Å². The zero-order chi connectivity index (χ0) is 15.5. The van der Waals surface area contributed by atoms with Gasteiger partial charge in [0, 0.05) is 17.0 Å². The fraction of sp³-hybridized carbons (Fsp3) is 0.684. The van der Waals surface area contributed by atoms with Gasteiger partial charge in [0.05, 0.1) is 0 Å². The first-order chi connectivity index (χ1) is 9.91. The topological polar surface area (TPSA) is 12.0 Å². The molecule has 0 bridgehead atoms. The first-order valence-electron chi connectivity index (χ1n) is 8.32. The van der Waals surface area contributed by atoms with Crippen molar-refractivity contribution in [2.75, 3.05) is 6.26 Å². The number of benzene rings is 1. The first-order valence-corrected chi connectivity index (χ1v) is 9.54. The van der Waals surface area contributed by atoms with Gasteiger partial charge in [0.15, 0.2) is 0 Å². The highest BCUT2D eigenvalue weighted by Gasteiger charge is 2.34. The highest BCUT2D eigenvalue weighted by atomic mass is 32.2. The molecule has 21 heavy (non-hydrogen) atoms. The van der Waals surface area contributed by atoms with Gasteiger partial charge in [0.2, 0.25) is 0 Å². The number of hydrogen-bond acceptors (Lipinski definition) is 2. The Morgan fingerprint density at radius 1 is 1.10 bits per heavy atom. The Labute approximate surface area is 135 Å². The molecule has 0 aliphatic heterocycles. The smallest absolute Gasteiger partial charge is 0.0294 e. The Balaban J connectivity index is 2.03. The minimum atomic E-state index is 0.403. The molecular formula is C19H31NS. The molecule has 118 valence electrons. The van der Waals surface area contributed by atoms with Gasteiger partial charge in [0.25, 0.3) is 0 Å². The summed E-state index contributed by atoms with van der Waals surface area (Å²) in [7, 11) is 0. The third kappa shape index (κ3) is 4.50. The summed E-state index contributed by atoms with van der Waals surface area (Å²) in [6.45, 7) is 9.50. The number of thioether (sulfide) groups is 1. The largest absolute Gasteiger partial charge is 0.307 e. The maximum Gasteiger partial charge on any atom is 0.0294 e. The van der Waals surface area contributed by atoms with Gasteiger partial charge < -0.3 is 5.32 Å². The van der Waals surface area contributed by atoms with E-state index in [9.17, 15) is 0 Å². The van der Waals surface area contributed by atoms with Gasteiger partial charge in [-0.1, -0.05) is 45.7 Å². The summed E-state index contributed by atoms with van der Waals surface area (Å²) in [6.07, 6.45) is 7.61. The van der Waals surface area contributed by atoms with Gasteiger partial charge in [-0.3, -0.25) is 0 Å². The van der Waals surface area contributed by atoms with Crippen LogP contribution in [0.1, 0.15) is 65.0 Å². The quantitative estimate of drug-likeness (QED) is 0.720. The van der Waals surface area contributed by atoms with Crippen LogP contribution in [0.15, 0.2) is 29.2 Å². The lowest BCUT2D eigenvalue weighted by molar-refractivity contribution is 0.124. The third-order valence-corrected chi connectivity index (χ3v) is 5.70. The molecule has 1 aromatic rings. The highest BCUT2D eigenvalue weighted by molar-refractivity contribution is 7.98. The Morgan fingerprint density at radius 3 is 2.29 bits per heavy atom. The van der Waals surface area contributed by atoms with E-state index in [1.807, 2.05) is 11.8 Å². The van der Waals surface area contributed by atoms with E-state index in [1.54, 1.807) is 0 Å². The molecule has 0 heterocycles. The average Bonchev–Trinajstić information content (AvgIpc) is 2.47. The van der Waals surface area contributed by atoms with Gasteiger partial charge in [-0.2, -0.15) is 0 Å². The summed E-state index contributed by atoms with van der Waals surface area (Å²) >= 11 is 1.81. The maximum atomic E-state index is 3.92. The fourth-order valence-electron chi connectivity index (χ4n) is 3.68. The summed E-state index contributed by atoms with van der Waals surface area (Å²) in [5.74, 6) is 0.791. The van der Waals surface area contributed by atoms with E-state index < -0.39 is 0 Å². The Bertz CT molecular complexity index is 432. The monoisotopic (exact) mass is 305 g/mol. The molecule has 1 fully saturated rings. The van der Waals surface area contributed by atoms with Crippen molar-refractivity contribution in [2.45, 2.75) is 70.4 Å². The van der Waals surface area contributed by atoms with Crippen LogP contribution < -0.4 is 5.32 Å². The van der Waals surface area contributed by atoms with E-state index in [4.69, 9.17) is 0 Å². The van der Waals surface area contributed by atoms with Crippen molar-refractivity contribution >= 4 is 11.8 Å². The lowest BCUT2D eigenvalue weighted by Gasteiger charge is -2.42. The molecule has 0 amide bonds. The van der Waals surface area contributed by atoms with Gasteiger partial charge in [-0.25, -0.2) is 0 Å². The van der Waals surface area contributed by atoms with Crippen LogP contribution in [0.2, 0.25) is 0 Å². The summed E-state index contributed by atoms with van der Waals surface area (Å²) < 4.78 is 0. The van der Waals surface area contributed by atoms with E-state index in [-0.39, 0.29) is 0 Å². The second-order valence-corrected chi connectivity index (χ2v) is 8.40. The number of rotatable bonds is 4. The van der Waals surface area contributed by atoms with Crippen LogP contribution in [0, 0.1) is 11.3 Å². The Kier molecular flexibility index (Phi) is 5.79. The molecule has 3 atom stereocenters. The van der Waals surface area contributed by atoms with Gasteiger partial charge >= 0.3 is 0 Å². The lowest BCUT2D eigenvalue weighted by Crippen LogP contribution is -2.45. The van der Waals surface area contributed by atoms with Gasteiger partial charge in [0.1, 0.15) is 0 Å². The van der Waals surface area contributed by atoms with E-state index in [1.165, 1.54) is 36.1 Å². The van der Waals surface area contributed by atoms with Gasteiger partial charge in [-0.05, 0) is 55.1 Å². The number of nitrogens with one attached hydrogen (secondary N) is 1. The van der Waals surface area contributed by atoms with Crippen LogP contribution >= 0.6 is 11.8 Å². The van der Waals surface area contributed by atoms with Crippen molar-refractivity contribution in [3.05, 3.63) is 29.8 Å². The molecule has 0 aromatic heterocycles. The maximum absolute atomic E-state index is 3.92. The molecule has 1 nitrogen and oxygen atoms in total. The van der Waals surface area contributed by atoms with Crippen LogP contribution in [0.3, 0.4) is 0 Å². The molecule has 1 aliphatic carbocycles. The normalized spacial score (nSPS) is 24.8. The summed E-state index contributed by atoms with van der Waals surface area (Å²) in [5.41, 5.74) is 1.81. The molecule has 1 saturated carbocycles. The summed E-state index contributed by atoms with van der Waals surface area (Å²) in [5, 5.41) is 3.92. The molecule has 0 radical (unpaired) electrons. The standard InChI is InChI=1S/C19H31NS/c1-14(15-10-12-16(21-5)13-11-15)20-18-9-7-6-8-17(18)19(2,3)4/h10-14,17-18,20H,6-9H2,1-5H3. The zero-order valence-electron chi connectivity index (χ0n) is 14.3. The van der Waals surface area contributed by atoms with Crippen molar-refractivity contribution < 1.29 is 0 Å². The second-order valence-electron chi connectivity index (χ2n) is 7.52. The number of hydrogen-bond donors (Lipinski definition) is 1. The van der Waals surface area contributed by atoms with Crippen molar-refractivity contribution in [3.8, 4) is 0 Å². The minimum Gasteiger partial charge on any atom is -0.307 e. The zero-order valence-corrected chi connectivity index (χ0v) is 15.1. The predicted molar refractivity (Wildman–Crippen MR) is 95.0 cm³/mol. The van der Waals surface area contributed by atoms with E-state index >= 15 is 0 Å². The predicted octanol–water partition coefficient (Wildman–Crippen LogP) is 5.66. The molecular weight excluding hydrogens is 274 g/mol. The highest BCUT2D eigenvalue weighted by Crippen LogP contribution is 2.38. The van der Waals surface area contributed by atoms with E-state index in [0.717, 1.165) is 5.92 Å². The molecule has 2 rings (SSSR count). The fourth-order valence-corrected chi connectivity index (χ4v) is 4.09. The molecule has 2 heteroatoms. The molecule has 0 spiro atoms. The third-order valence-electron chi connectivity index (χ3n) is 4.96. The molecule has 1 aliphatic rings. The summed E-state index contributed by atoms with van der Waals surface area (Å²) in [4.78, 5) is 1.34. The van der Waals surface area contributed by atoms with Crippen molar-refractivity contribution in [1.29, 1.82) is 0 Å². The average molecular weight is 306 g/mol. The second kappa shape index (κ2) is 7.19. The van der Waals surface area contributed by atoms with Crippen LogP contribution in [0.5, 0.6) is 0 Å². The first kappa shape index (κ1) is 16.9. The molecule has 1 N–H and O–H groups in total.